The third-order valence-electron chi connectivity index (χ3n) is 2.90. The van der Waals surface area contributed by atoms with E-state index in [0.29, 0.717) is 17.9 Å². The summed E-state index contributed by atoms with van der Waals surface area (Å²) in [6, 6.07) is 11.4. The summed E-state index contributed by atoms with van der Waals surface area (Å²) in [4.78, 5) is 13.3. The number of benzene rings is 2. The second-order valence-electron chi connectivity index (χ2n) is 4.76. The Bertz CT molecular complexity index is 641. The topological polar surface area (TPSA) is 29.5 Å². The van der Waals surface area contributed by atoms with E-state index < -0.39 is 5.82 Å². The Kier molecular flexibility index (Phi) is 4.81. The van der Waals surface area contributed by atoms with Crippen molar-refractivity contribution in [3.05, 3.63) is 64.4 Å². The van der Waals surface area contributed by atoms with Crippen LogP contribution in [0.3, 0.4) is 0 Å². The summed E-state index contributed by atoms with van der Waals surface area (Å²) in [5.74, 6) is -0.0294. The Morgan fingerprint density at radius 2 is 1.86 bits per heavy atom. The van der Waals surface area contributed by atoms with Crippen molar-refractivity contribution in [2.24, 2.45) is 0 Å². The number of hydrogen-bond donors (Lipinski definition) is 0. The van der Waals surface area contributed by atoms with Gasteiger partial charge < -0.3 is 9.64 Å². The number of carbonyl (C=O) groups is 1. The van der Waals surface area contributed by atoms with Crippen molar-refractivity contribution >= 4 is 17.5 Å². The molecule has 0 aliphatic carbocycles. The molecule has 2 aromatic carbocycles. The number of carbonyl (C=O) groups excluding carboxylic acids is 1. The summed E-state index contributed by atoms with van der Waals surface area (Å²) in [7, 11) is 3.41. The molecule has 0 bridgehead atoms. The second kappa shape index (κ2) is 6.59. The van der Waals surface area contributed by atoms with Crippen molar-refractivity contribution in [3.63, 3.8) is 0 Å². The highest BCUT2D eigenvalue weighted by Crippen LogP contribution is 2.22. The lowest BCUT2D eigenvalue weighted by Crippen LogP contribution is -2.21. The van der Waals surface area contributed by atoms with Crippen molar-refractivity contribution < 1.29 is 13.9 Å². The average Bonchev–Trinajstić information content (AvgIpc) is 2.48. The fourth-order valence-electron chi connectivity index (χ4n) is 1.74. The van der Waals surface area contributed by atoms with Gasteiger partial charge in [-0.2, -0.15) is 0 Å². The Labute approximate surface area is 127 Å². The molecule has 21 heavy (non-hydrogen) atoms. The zero-order valence-corrected chi connectivity index (χ0v) is 12.5. The first-order valence-electron chi connectivity index (χ1n) is 6.36. The van der Waals surface area contributed by atoms with Crippen LogP contribution < -0.4 is 4.74 Å². The summed E-state index contributed by atoms with van der Waals surface area (Å²) < 4.78 is 18.6. The van der Waals surface area contributed by atoms with Gasteiger partial charge in [-0.3, -0.25) is 4.79 Å². The molecule has 0 saturated heterocycles. The van der Waals surface area contributed by atoms with Crippen molar-refractivity contribution in [1.82, 2.24) is 4.90 Å². The highest BCUT2D eigenvalue weighted by atomic mass is 35.5. The zero-order valence-electron chi connectivity index (χ0n) is 11.8. The summed E-state index contributed by atoms with van der Waals surface area (Å²) in [6.07, 6.45) is 0. The van der Waals surface area contributed by atoms with Crippen LogP contribution in [0.15, 0.2) is 42.5 Å². The largest absolute Gasteiger partial charge is 0.489 e. The van der Waals surface area contributed by atoms with E-state index in [4.69, 9.17) is 16.3 Å². The van der Waals surface area contributed by atoms with Gasteiger partial charge in [0.1, 0.15) is 18.2 Å². The third-order valence-corrected chi connectivity index (χ3v) is 3.19. The molecule has 1 amide bonds. The summed E-state index contributed by atoms with van der Waals surface area (Å²) >= 11 is 5.68. The first-order valence-corrected chi connectivity index (χ1v) is 6.73. The molecule has 2 aromatic rings. The normalized spacial score (nSPS) is 10.3. The van der Waals surface area contributed by atoms with Crippen LogP contribution in [0, 0.1) is 5.82 Å². The van der Waals surface area contributed by atoms with Crippen LogP contribution in [0.4, 0.5) is 4.39 Å². The van der Waals surface area contributed by atoms with E-state index >= 15 is 0 Å². The molecule has 0 atom stereocenters. The minimum absolute atomic E-state index is 0.0272. The maximum Gasteiger partial charge on any atom is 0.253 e. The fourth-order valence-corrected chi connectivity index (χ4v) is 1.91. The minimum Gasteiger partial charge on any atom is -0.489 e. The lowest BCUT2D eigenvalue weighted by Gasteiger charge is -2.11. The lowest BCUT2D eigenvalue weighted by atomic mass is 10.1. The Morgan fingerprint density at radius 3 is 2.43 bits per heavy atom. The first-order chi connectivity index (χ1) is 9.97. The molecule has 0 heterocycles. The van der Waals surface area contributed by atoms with E-state index in [-0.39, 0.29) is 10.9 Å². The molecular formula is C16H15ClFNO2. The quantitative estimate of drug-likeness (QED) is 0.860. The molecule has 0 N–H and O–H groups in total. The zero-order chi connectivity index (χ0) is 15.4. The number of hydrogen-bond acceptors (Lipinski definition) is 2. The van der Waals surface area contributed by atoms with E-state index in [1.807, 2.05) is 12.1 Å². The highest BCUT2D eigenvalue weighted by molar-refractivity contribution is 6.30. The van der Waals surface area contributed by atoms with E-state index in [1.165, 1.54) is 23.1 Å². The van der Waals surface area contributed by atoms with Crippen LogP contribution in [-0.2, 0) is 6.61 Å². The highest BCUT2D eigenvalue weighted by Gasteiger charge is 2.07. The molecule has 3 nitrogen and oxygen atoms in total. The van der Waals surface area contributed by atoms with E-state index in [0.717, 1.165) is 5.56 Å². The van der Waals surface area contributed by atoms with Crippen LogP contribution >= 0.6 is 11.6 Å². The monoisotopic (exact) mass is 307 g/mol. The summed E-state index contributed by atoms with van der Waals surface area (Å²) in [6.45, 7) is 0.318. The molecule has 110 valence electrons. The average molecular weight is 308 g/mol. The summed E-state index contributed by atoms with van der Waals surface area (Å²) in [5.41, 5.74) is 1.53. The van der Waals surface area contributed by atoms with Gasteiger partial charge in [-0.1, -0.05) is 23.7 Å². The minimum atomic E-state index is -0.476. The van der Waals surface area contributed by atoms with Crippen LogP contribution in [0.5, 0.6) is 5.75 Å². The summed E-state index contributed by atoms with van der Waals surface area (Å²) in [5, 5.41) is 0.0272. The van der Waals surface area contributed by atoms with Crippen molar-refractivity contribution in [2.45, 2.75) is 6.61 Å². The molecule has 5 heteroatoms. The van der Waals surface area contributed by atoms with Gasteiger partial charge in [0.05, 0.1) is 5.02 Å². The lowest BCUT2D eigenvalue weighted by molar-refractivity contribution is 0.0827. The van der Waals surface area contributed by atoms with E-state index in [9.17, 15) is 9.18 Å². The number of rotatable bonds is 4. The number of amides is 1. The van der Waals surface area contributed by atoms with Gasteiger partial charge in [-0.15, -0.1) is 0 Å². The molecule has 0 unspecified atom stereocenters. The molecular weight excluding hydrogens is 293 g/mol. The molecule has 0 fully saturated rings. The van der Waals surface area contributed by atoms with Gasteiger partial charge in [-0.25, -0.2) is 4.39 Å². The van der Waals surface area contributed by atoms with Crippen LogP contribution in [0.2, 0.25) is 5.02 Å². The predicted octanol–water partition coefficient (Wildman–Crippen LogP) is 3.76. The molecule has 0 radical (unpaired) electrons. The van der Waals surface area contributed by atoms with Gasteiger partial charge in [0.2, 0.25) is 0 Å². The molecule has 0 aliphatic heterocycles. The molecule has 0 aromatic heterocycles. The van der Waals surface area contributed by atoms with Crippen LogP contribution in [0.25, 0.3) is 0 Å². The molecule has 2 rings (SSSR count). The molecule has 0 aliphatic rings. The third kappa shape index (κ3) is 3.95. The van der Waals surface area contributed by atoms with Gasteiger partial charge in [0.25, 0.3) is 5.91 Å². The van der Waals surface area contributed by atoms with Crippen molar-refractivity contribution in [1.29, 1.82) is 0 Å². The van der Waals surface area contributed by atoms with Gasteiger partial charge >= 0.3 is 0 Å². The maximum absolute atomic E-state index is 13.0. The van der Waals surface area contributed by atoms with Crippen LogP contribution in [-0.4, -0.2) is 24.9 Å². The SMILES string of the molecule is CN(C)C(=O)c1ccc(COc2ccc(F)c(Cl)c2)cc1. The Balaban J connectivity index is 2.00. The van der Waals surface area contributed by atoms with Crippen molar-refractivity contribution in [3.8, 4) is 5.75 Å². The number of ether oxygens (including phenoxy) is 1. The second-order valence-corrected chi connectivity index (χ2v) is 5.17. The first kappa shape index (κ1) is 15.3. The standard InChI is InChI=1S/C16H15ClFNO2/c1-19(2)16(20)12-5-3-11(4-6-12)10-21-13-7-8-15(18)14(17)9-13/h3-9H,10H2,1-2H3. The smallest absolute Gasteiger partial charge is 0.253 e. The van der Waals surface area contributed by atoms with Crippen molar-refractivity contribution in [2.75, 3.05) is 14.1 Å². The fraction of sp³-hybridized carbons (Fsp3) is 0.188. The number of nitrogens with zero attached hydrogens (tertiary/aromatic N) is 1. The Morgan fingerprint density at radius 1 is 1.19 bits per heavy atom. The van der Waals surface area contributed by atoms with Gasteiger partial charge in [0, 0.05) is 25.7 Å². The Hall–Kier alpha value is -2.07. The maximum atomic E-state index is 13.0. The molecule has 0 spiro atoms. The van der Waals surface area contributed by atoms with Crippen LogP contribution in [0.1, 0.15) is 15.9 Å². The molecule has 0 saturated carbocycles. The predicted molar refractivity (Wildman–Crippen MR) is 80.2 cm³/mol. The van der Waals surface area contributed by atoms with Gasteiger partial charge in [0.15, 0.2) is 0 Å². The van der Waals surface area contributed by atoms with Gasteiger partial charge in [-0.05, 0) is 29.8 Å². The van der Waals surface area contributed by atoms with E-state index in [1.54, 1.807) is 26.2 Å². The number of halogens is 2. The van der Waals surface area contributed by atoms with E-state index in [2.05, 4.69) is 0 Å².